The number of amidine groups is 1. The smallest absolute Gasteiger partial charge is 0.410 e. The number of hydrogen-bond acceptors (Lipinski definition) is 13. The number of amides is 1. The molecule has 0 unspecified atom stereocenters. The predicted octanol–water partition coefficient (Wildman–Crippen LogP) is 2.98. The second-order valence-corrected chi connectivity index (χ2v) is 14.4. The molecular weight excluding hydrogens is 610 g/mol. The van der Waals surface area contributed by atoms with Crippen molar-refractivity contribution in [3.63, 3.8) is 0 Å². The molecule has 15 heteroatoms. The Kier molecular flexibility index (Phi) is 9.59. The number of likely N-dealkylation sites (N-methyl/N-ethyl adjacent to an activating group) is 1. The molecule has 3 aliphatic rings. The molecule has 0 bridgehead atoms. The lowest BCUT2D eigenvalue weighted by atomic mass is 9.72. The Hall–Kier alpha value is -4.16. The molecule has 4 N–H and O–H groups in total. The molecule has 2 aromatic heterocycles. The number of nitrogen functional groups attached to an aromatic ring is 1. The molecule has 1 amide bonds. The number of aryl methyl sites for hydroxylation is 1. The third-order valence-electron chi connectivity index (χ3n) is 8.72. The number of ether oxygens (including phenoxy) is 2. The van der Waals surface area contributed by atoms with E-state index in [1.807, 2.05) is 25.7 Å². The van der Waals surface area contributed by atoms with Gasteiger partial charge in [-0.2, -0.15) is 15.2 Å². The fraction of sp³-hybridized carbons (Fsp3) is 0.613. The van der Waals surface area contributed by atoms with Gasteiger partial charge in [0.2, 0.25) is 0 Å². The van der Waals surface area contributed by atoms with Crippen molar-refractivity contribution in [2.45, 2.75) is 76.9 Å². The third kappa shape index (κ3) is 7.13. The van der Waals surface area contributed by atoms with Gasteiger partial charge in [-0.15, -0.1) is 11.3 Å². The number of carbonyl (C=O) groups excluding carboxylic acids is 2. The highest BCUT2D eigenvalue weighted by Crippen LogP contribution is 2.46. The van der Waals surface area contributed by atoms with E-state index in [4.69, 9.17) is 25.8 Å². The minimum absolute atomic E-state index is 0.128. The largest absolute Gasteiger partial charge is 0.462 e. The predicted molar refractivity (Wildman–Crippen MR) is 174 cm³/mol. The molecule has 2 fully saturated rings. The highest BCUT2D eigenvalue weighted by Gasteiger charge is 2.45. The van der Waals surface area contributed by atoms with E-state index in [1.54, 1.807) is 17.9 Å². The van der Waals surface area contributed by atoms with Gasteiger partial charge in [-0.05, 0) is 73.4 Å². The highest BCUT2D eigenvalue weighted by molar-refractivity contribution is 7.16. The number of likely N-dealkylation sites (tertiary alicyclic amines) is 1. The third-order valence-corrected chi connectivity index (χ3v) is 9.79. The number of thiophene rings is 1. The Bertz CT molecular complexity index is 1540. The van der Waals surface area contributed by atoms with Gasteiger partial charge in [0.1, 0.15) is 34.8 Å². The van der Waals surface area contributed by atoms with E-state index in [0.29, 0.717) is 61.2 Å². The van der Waals surface area contributed by atoms with Crippen LogP contribution in [0.15, 0.2) is 11.2 Å². The van der Waals surface area contributed by atoms with Gasteiger partial charge in [-0.3, -0.25) is 0 Å². The van der Waals surface area contributed by atoms with Crippen LogP contribution >= 0.6 is 11.3 Å². The molecule has 248 valence electrons. The molecule has 2 atom stereocenters. The average Bonchev–Trinajstić information content (AvgIpc) is 3.59. The Morgan fingerprint density at radius 2 is 1.93 bits per heavy atom. The quantitative estimate of drug-likeness (QED) is 0.193. The maximum atomic E-state index is 13.5. The zero-order valence-electron chi connectivity index (χ0n) is 27.2. The average molecular weight is 654 g/mol. The second-order valence-electron chi connectivity index (χ2n) is 13.2. The summed E-state index contributed by atoms with van der Waals surface area (Å²) in [6, 6.07) is 4.19. The number of hydrogen-bond donors (Lipinski definition) is 2. The number of rotatable bonds is 7. The summed E-state index contributed by atoms with van der Waals surface area (Å²) in [6.45, 7) is 10.6. The summed E-state index contributed by atoms with van der Waals surface area (Å²) in [5.41, 5.74) is 11.9. The van der Waals surface area contributed by atoms with Crippen LogP contribution in [0, 0.1) is 11.3 Å². The number of carbonyl (C=O) groups is 2. The molecule has 14 nitrogen and oxygen atoms in total. The van der Waals surface area contributed by atoms with Gasteiger partial charge in [-0.25, -0.2) is 9.59 Å². The summed E-state index contributed by atoms with van der Waals surface area (Å²) in [6.07, 6.45) is 3.73. The first-order valence-corrected chi connectivity index (χ1v) is 16.4. The van der Waals surface area contributed by atoms with Crippen LogP contribution in [0.25, 0.3) is 0 Å². The van der Waals surface area contributed by atoms with E-state index in [9.17, 15) is 14.9 Å². The number of nitriles is 1. The Balaban J connectivity index is 1.36. The van der Waals surface area contributed by atoms with E-state index < -0.39 is 17.0 Å². The first kappa shape index (κ1) is 33.2. The molecule has 0 aromatic carbocycles. The van der Waals surface area contributed by atoms with Crippen molar-refractivity contribution in [2.24, 2.45) is 10.9 Å². The molecule has 46 heavy (non-hydrogen) atoms. The van der Waals surface area contributed by atoms with Crippen LogP contribution in [0.1, 0.15) is 75.1 Å². The van der Waals surface area contributed by atoms with Gasteiger partial charge < -0.3 is 40.5 Å². The van der Waals surface area contributed by atoms with Crippen LogP contribution in [0.4, 0.5) is 15.6 Å². The lowest BCUT2D eigenvalue weighted by molar-refractivity contribution is -0.150. The standard InChI is InChI=1S/C31H43N9O5S/c1-30(2,3)44-29(42)40-14-12-39(13-15-40)23-16-21(35-28(36-23)43-18-19-8-7-11-38(19)5)25(33)37-45-27(41)31(4)10-6-9-22-24(31)20(17-32)26(34)46-22/h16,19H,6-15,18,34H2,1-5H3,(H2,33,37)/t19-,31-/m0/s1. The summed E-state index contributed by atoms with van der Waals surface area (Å²) in [4.78, 5) is 47.5. The number of nitrogens with two attached hydrogens (primary N) is 2. The molecular formula is C31H43N9O5S. The van der Waals surface area contributed by atoms with Crippen molar-refractivity contribution in [3.8, 4) is 12.1 Å². The van der Waals surface area contributed by atoms with E-state index in [0.717, 1.165) is 37.1 Å². The molecule has 0 radical (unpaired) electrons. The number of fused-ring (bicyclic) bond motifs is 1. The van der Waals surface area contributed by atoms with E-state index >= 15 is 0 Å². The lowest BCUT2D eigenvalue weighted by Crippen LogP contribution is -2.50. The molecule has 0 saturated carbocycles. The van der Waals surface area contributed by atoms with Crippen molar-refractivity contribution in [1.82, 2.24) is 19.8 Å². The molecule has 2 saturated heterocycles. The Morgan fingerprint density at radius 3 is 2.59 bits per heavy atom. The van der Waals surface area contributed by atoms with Crippen molar-refractivity contribution < 1.29 is 23.9 Å². The SMILES string of the molecule is CN1CCC[C@H]1COc1nc(/C(N)=N/OC(=O)[C@@]2(C)CCCc3sc(N)c(C#N)c32)cc(N2CCN(C(=O)OC(C)(C)C)CC2)n1. The van der Waals surface area contributed by atoms with Crippen LogP contribution in [-0.4, -0.2) is 95.7 Å². The van der Waals surface area contributed by atoms with Gasteiger partial charge in [0.25, 0.3) is 0 Å². The van der Waals surface area contributed by atoms with Crippen LogP contribution in [0.3, 0.4) is 0 Å². The van der Waals surface area contributed by atoms with E-state index in [2.05, 4.69) is 33.1 Å². The molecule has 0 spiro atoms. The normalized spacial score (nSPS) is 22.3. The highest BCUT2D eigenvalue weighted by atomic mass is 32.1. The first-order chi connectivity index (χ1) is 21.8. The lowest BCUT2D eigenvalue weighted by Gasteiger charge is -2.36. The second kappa shape index (κ2) is 13.3. The van der Waals surface area contributed by atoms with E-state index in [-0.39, 0.29) is 29.7 Å². The Morgan fingerprint density at radius 1 is 1.20 bits per heavy atom. The fourth-order valence-corrected chi connectivity index (χ4v) is 7.30. The molecule has 2 aliphatic heterocycles. The van der Waals surface area contributed by atoms with E-state index in [1.165, 1.54) is 11.3 Å². The van der Waals surface area contributed by atoms with Crippen LogP contribution < -0.4 is 21.1 Å². The number of oxime groups is 1. The van der Waals surface area contributed by atoms with Gasteiger partial charge in [0.15, 0.2) is 5.84 Å². The van der Waals surface area contributed by atoms with Crippen molar-refractivity contribution >= 4 is 40.1 Å². The Labute approximate surface area is 273 Å². The number of aromatic nitrogens is 2. The monoisotopic (exact) mass is 653 g/mol. The summed E-state index contributed by atoms with van der Waals surface area (Å²) < 4.78 is 11.6. The number of piperazine rings is 1. The minimum Gasteiger partial charge on any atom is -0.462 e. The zero-order valence-corrected chi connectivity index (χ0v) is 28.0. The molecule has 2 aromatic rings. The number of nitrogens with zero attached hydrogens (tertiary/aromatic N) is 7. The number of anilines is 2. The minimum atomic E-state index is -1.09. The summed E-state index contributed by atoms with van der Waals surface area (Å²) in [5.74, 6) is -0.208. The molecule has 4 heterocycles. The first-order valence-electron chi connectivity index (χ1n) is 15.6. The van der Waals surface area contributed by atoms with Gasteiger partial charge in [0, 0.05) is 48.7 Å². The molecule has 5 rings (SSSR count). The van der Waals surface area contributed by atoms with Crippen LogP contribution in [0.5, 0.6) is 6.01 Å². The zero-order chi connectivity index (χ0) is 33.2. The van der Waals surface area contributed by atoms with Gasteiger partial charge in [0.05, 0.1) is 11.0 Å². The summed E-state index contributed by atoms with van der Waals surface area (Å²) in [7, 11) is 2.06. The maximum absolute atomic E-state index is 13.5. The van der Waals surface area contributed by atoms with Gasteiger partial charge >= 0.3 is 18.1 Å². The van der Waals surface area contributed by atoms with Gasteiger partial charge in [-0.1, -0.05) is 5.16 Å². The molecule has 1 aliphatic carbocycles. The van der Waals surface area contributed by atoms with Crippen molar-refractivity contribution in [3.05, 3.63) is 27.8 Å². The van der Waals surface area contributed by atoms with Crippen molar-refractivity contribution in [2.75, 3.05) is 57.0 Å². The van der Waals surface area contributed by atoms with Crippen molar-refractivity contribution in [1.29, 1.82) is 5.26 Å². The fourth-order valence-electron chi connectivity index (χ4n) is 6.11. The summed E-state index contributed by atoms with van der Waals surface area (Å²) in [5, 5.41) is 14.1. The van der Waals surface area contributed by atoms with Crippen LogP contribution in [-0.2, 0) is 26.2 Å². The van der Waals surface area contributed by atoms with Crippen LogP contribution in [0.2, 0.25) is 0 Å². The topological polar surface area (TPSA) is 186 Å². The maximum Gasteiger partial charge on any atom is 0.410 e. The summed E-state index contributed by atoms with van der Waals surface area (Å²) >= 11 is 1.34.